The molecule has 4 rings (SSSR count). The lowest BCUT2D eigenvalue weighted by Gasteiger charge is -2.42. The molecule has 0 N–H and O–H groups in total. The van der Waals surface area contributed by atoms with Gasteiger partial charge in [0.15, 0.2) is 0 Å². The lowest BCUT2D eigenvalue weighted by molar-refractivity contribution is -0.144. The number of likely N-dealkylation sites (tertiary alicyclic amines) is 3. The Bertz CT molecular complexity index is 477. The summed E-state index contributed by atoms with van der Waals surface area (Å²) in [6.07, 6.45) is 9.91. The molecule has 4 aliphatic rings. The standard InChI is InChI=1S/C19H31N3O2/c23-18-7-4-15(14-22(18)17-5-6-17)19(24)21-12-8-16(9-13-21)20-10-2-1-3-11-20/h15-17H,1-14H2. The molecule has 134 valence electrons. The smallest absolute Gasteiger partial charge is 0.227 e. The van der Waals surface area contributed by atoms with Crippen LogP contribution in [-0.4, -0.2) is 71.3 Å². The summed E-state index contributed by atoms with van der Waals surface area (Å²) in [4.78, 5) is 31.7. The number of carbonyl (C=O) groups excluding carboxylic acids is 2. The van der Waals surface area contributed by atoms with Crippen LogP contribution in [0.5, 0.6) is 0 Å². The van der Waals surface area contributed by atoms with Crippen LogP contribution in [0.2, 0.25) is 0 Å². The first-order valence-electron chi connectivity index (χ1n) is 10.0. The third-order valence-electron chi connectivity index (χ3n) is 6.46. The van der Waals surface area contributed by atoms with E-state index < -0.39 is 0 Å². The molecule has 4 fully saturated rings. The Hall–Kier alpha value is -1.10. The fraction of sp³-hybridized carbons (Fsp3) is 0.895. The Morgan fingerprint density at radius 3 is 2.21 bits per heavy atom. The van der Waals surface area contributed by atoms with E-state index in [1.807, 2.05) is 4.90 Å². The first kappa shape index (κ1) is 16.4. The van der Waals surface area contributed by atoms with Crippen LogP contribution in [0.3, 0.4) is 0 Å². The van der Waals surface area contributed by atoms with E-state index in [1.54, 1.807) is 0 Å². The number of piperidine rings is 3. The van der Waals surface area contributed by atoms with Crippen molar-refractivity contribution in [2.45, 2.75) is 69.9 Å². The summed E-state index contributed by atoms with van der Waals surface area (Å²) >= 11 is 0. The summed E-state index contributed by atoms with van der Waals surface area (Å²) in [5, 5.41) is 0. The van der Waals surface area contributed by atoms with E-state index >= 15 is 0 Å². The van der Waals surface area contributed by atoms with Crippen molar-refractivity contribution in [3.63, 3.8) is 0 Å². The maximum atomic E-state index is 12.9. The van der Waals surface area contributed by atoms with E-state index in [2.05, 4.69) is 9.80 Å². The molecule has 3 heterocycles. The Morgan fingerprint density at radius 1 is 0.833 bits per heavy atom. The molecule has 0 aromatic rings. The molecule has 0 bridgehead atoms. The van der Waals surface area contributed by atoms with Gasteiger partial charge in [0.2, 0.25) is 11.8 Å². The molecule has 0 aromatic heterocycles. The van der Waals surface area contributed by atoms with Crippen LogP contribution in [0.4, 0.5) is 0 Å². The average molecular weight is 333 g/mol. The van der Waals surface area contributed by atoms with Gasteiger partial charge in [-0.1, -0.05) is 6.42 Å². The van der Waals surface area contributed by atoms with Crippen LogP contribution >= 0.6 is 0 Å². The predicted molar refractivity (Wildman–Crippen MR) is 92.5 cm³/mol. The Balaban J connectivity index is 1.28. The highest BCUT2D eigenvalue weighted by Gasteiger charge is 2.40. The van der Waals surface area contributed by atoms with Gasteiger partial charge in [-0.3, -0.25) is 9.59 Å². The summed E-state index contributed by atoms with van der Waals surface area (Å²) < 4.78 is 0. The van der Waals surface area contributed by atoms with Gasteiger partial charge >= 0.3 is 0 Å². The van der Waals surface area contributed by atoms with Crippen molar-refractivity contribution in [2.75, 3.05) is 32.7 Å². The highest BCUT2D eigenvalue weighted by molar-refractivity contribution is 5.84. The summed E-state index contributed by atoms with van der Waals surface area (Å²) in [6.45, 7) is 5.00. The first-order valence-corrected chi connectivity index (χ1v) is 10.0. The molecule has 1 atom stereocenters. The number of nitrogens with zero attached hydrogens (tertiary/aromatic N) is 3. The van der Waals surface area contributed by atoms with Crippen molar-refractivity contribution in [3.05, 3.63) is 0 Å². The van der Waals surface area contributed by atoms with Gasteiger partial charge in [-0.05, 0) is 58.0 Å². The normalized spacial score (nSPS) is 30.7. The first-order chi connectivity index (χ1) is 11.7. The molecule has 1 aliphatic carbocycles. The van der Waals surface area contributed by atoms with Crippen molar-refractivity contribution in [2.24, 2.45) is 5.92 Å². The zero-order valence-electron chi connectivity index (χ0n) is 14.8. The summed E-state index contributed by atoms with van der Waals surface area (Å²) in [5.41, 5.74) is 0. The largest absolute Gasteiger partial charge is 0.342 e. The molecule has 0 spiro atoms. The minimum atomic E-state index is 0.0508. The second-order valence-electron chi connectivity index (χ2n) is 8.17. The van der Waals surface area contributed by atoms with Crippen molar-refractivity contribution in [3.8, 4) is 0 Å². The topological polar surface area (TPSA) is 43.9 Å². The zero-order valence-corrected chi connectivity index (χ0v) is 14.8. The third kappa shape index (κ3) is 3.46. The fourth-order valence-corrected chi connectivity index (χ4v) is 4.81. The van der Waals surface area contributed by atoms with E-state index in [4.69, 9.17) is 0 Å². The van der Waals surface area contributed by atoms with Gasteiger partial charge in [0.05, 0.1) is 5.92 Å². The molecule has 3 saturated heterocycles. The lowest BCUT2D eigenvalue weighted by Crippen LogP contribution is -2.52. The quantitative estimate of drug-likeness (QED) is 0.792. The highest BCUT2D eigenvalue weighted by atomic mass is 16.2. The van der Waals surface area contributed by atoms with E-state index in [1.165, 1.54) is 32.4 Å². The molecule has 3 aliphatic heterocycles. The van der Waals surface area contributed by atoms with Crippen LogP contribution in [0.25, 0.3) is 0 Å². The maximum absolute atomic E-state index is 12.9. The highest BCUT2D eigenvalue weighted by Crippen LogP contribution is 2.32. The molecule has 1 unspecified atom stereocenters. The lowest BCUT2D eigenvalue weighted by atomic mass is 9.93. The molecular formula is C19H31N3O2. The fourth-order valence-electron chi connectivity index (χ4n) is 4.81. The van der Waals surface area contributed by atoms with E-state index in [0.717, 1.165) is 45.2 Å². The Morgan fingerprint density at radius 2 is 1.54 bits per heavy atom. The zero-order chi connectivity index (χ0) is 16.5. The minimum Gasteiger partial charge on any atom is -0.342 e. The maximum Gasteiger partial charge on any atom is 0.227 e. The van der Waals surface area contributed by atoms with Gasteiger partial charge in [-0.15, -0.1) is 0 Å². The van der Waals surface area contributed by atoms with Gasteiger partial charge in [0, 0.05) is 38.1 Å². The van der Waals surface area contributed by atoms with Gasteiger partial charge < -0.3 is 14.7 Å². The number of amides is 2. The number of carbonyl (C=O) groups is 2. The molecular weight excluding hydrogens is 302 g/mol. The molecule has 0 radical (unpaired) electrons. The van der Waals surface area contributed by atoms with Crippen molar-refractivity contribution >= 4 is 11.8 Å². The average Bonchev–Trinajstić information content (AvgIpc) is 3.47. The van der Waals surface area contributed by atoms with Crippen LogP contribution < -0.4 is 0 Å². The Kier molecular flexibility index (Phi) is 4.79. The van der Waals surface area contributed by atoms with Gasteiger partial charge in [0.1, 0.15) is 0 Å². The SMILES string of the molecule is O=C(C1CCC(=O)N(C2CC2)C1)N1CCC(N2CCCCC2)CC1. The minimum absolute atomic E-state index is 0.0508. The van der Waals surface area contributed by atoms with Crippen LogP contribution in [0, 0.1) is 5.92 Å². The van der Waals surface area contributed by atoms with E-state index in [-0.39, 0.29) is 11.8 Å². The van der Waals surface area contributed by atoms with Crippen molar-refractivity contribution < 1.29 is 9.59 Å². The number of rotatable bonds is 3. The summed E-state index contributed by atoms with van der Waals surface area (Å²) in [6, 6.07) is 1.13. The van der Waals surface area contributed by atoms with Gasteiger partial charge in [-0.2, -0.15) is 0 Å². The van der Waals surface area contributed by atoms with Crippen molar-refractivity contribution in [1.29, 1.82) is 0 Å². The van der Waals surface area contributed by atoms with Crippen molar-refractivity contribution in [1.82, 2.24) is 14.7 Å². The number of hydrogen-bond donors (Lipinski definition) is 0. The molecule has 5 nitrogen and oxygen atoms in total. The van der Waals surface area contributed by atoms with Crippen LogP contribution in [-0.2, 0) is 9.59 Å². The molecule has 5 heteroatoms. The summed E-state index contributed by atoms with van der Waals surface area (Å²) in [5.74, 6) is 0.630. The second-order valence-corrected chi connectivity index (χ2v) is 8.17. The van der Waals surface area contributed by atoms with Gasteiger partial charge in [-0.25, -0.2) is 0 Å². The molecule has 2 amide bonds. The monoisotopic (exact) mass is 333 g/mol. The summed E-state index contributed by atoms with van der Waals surface area (Å²) in [7, 11) is 0. The molecule has 0 aromatic carbocycles. The number of hydrogen-bond acceptors (Lipinski definition) is 3. The van der Waals surface area contributed by atoms with Crippen LogP contribution in [0.15, 0.2) is 0 Å². The Labute approximate surface area is 145 Å². The van der Waals surface area contributed by atoms with Gasteiger partial charge in [0.25, 0.3) is 0 Å². The third-order valence-corrected chi connectivity index (χ3v) is 6.46. The second kappa shape index (κ2) is 7.03. The molecule has 1 saturated carbocycles. The predicted octanol–water partition coefficient (Wildman–Crippen LogP) is 1.86. The van der Waals surface area contributed by atoms with Crippen LogP contribution in [0.1, 0.15) is 57.8 Å². The van der Waals surface area contributed by atoms with E-state index in [0.29, 0.717) is 31.0 Å². The molecule has 24 heavy (non-hydrogen) atoms. The van der Waals surface area contributed by atoms with E-state index in [9.17, 15) is 9.59 Å².